The van der Waals surface area contributed by atoms with Crippen molar-refractivity contribution >= 4 is 40.8 Å². The van der Waals surface area contributed by atoms with Gasteiger partial charge in [0.15, 0.2) is 0 Å². The van der Waals surface area contributed by atoms with Gasteiger partial charge >= 0.3 is 18.0 Å². The fraction of sp³-hybridized carbons (Fsp3) is 0.545. The number of aliphatic hydroxyl groups is 1. The van der Waals surface area contributed by atoms with Crippen LogP contribution in [0.5, 0.6) is 0 Å². The summed E-state index contributed by atoms with van der Waals surface area (Å²) in [6.07, 6.45) is -1.06. The van der Waals surface area contributed by atoms with E-state index in [1.54, 1.807) is 39.1 Å². The molecule has 2 aliphatic rings. The number of nitrogens with one attached hydrogen (secondary N) is 1. The van der Waals surface area contributed by atoms with Crippen LogP contribution < -0.4 is 5.32 Å². The summed E-state index contributed by atoms with van der Waals surface area (Å²) >= 11 is 1.34. The molecule has 0 saturated carbocycles. The smallest absolute Gasteiger partial charge is 0.407 e. The van der Waals surface area contributed by atoms with Gasteiger partial charge in [0.1, 0.15) is 12.3 Å². The summed E-state index contributed by atoms with van der Waals surface area (Å²) in [7, 11) is 1.46. The minimum atomic E-state index is -0.859. The van der Waals surface area contributed by atoms with Crippen molar-refractivity contribution in [3.05, 3.63) is 27.6 Å². The van der Waals surface area contributed by atoms with E-state index in [9.17, 15) is 24.3 Å². The number of nitrogens with zero attached hydrogens (tertiary/aromatic N) is 1. The number of esters is 2. The van der Waals surface area contributed by atoms with E-state index in [4.69, 9.17) is 14.2 Å². The van der Waals surface area contributed by atoms with E-state index in [1.807, 2.05) is 0 Å². The van der Waals surface area contributed by atoms with Gasteiger partial charge < -0.3 is 29.5 Å². The Labute approximate surface area is 195 Å². The Bertz CT molecular complexity index is 991. The SMILES string of the molecule is CNC(=O)OCc1cc(C2=C(C(=O)OCOC(=O)C(C)(C)C)N3C(=O)[C@H]([C@@H](C)O)[C@H]3C2)cs1. The van der Waals surface area contributed by atoms with Gasteiger partial charge in [0, 0.05) is 11.9 Å². The standard InChI is InChI=1S/C22H28N2O8S/c1-11(25)16-15-7-14(12-6-13(33-9-12)8-30-21(29)23-5)17(24(15)18(16)26)19(27)31-10-32-20(28)22(2,3)4/h6,9,11,15-16,25H,7-8,10H2,1-5H3,(H,23,29)/t11-,15-,16-/m1/s1. The first-order valence-electron chi connectivity index (χ1n) is 10.5. The molecule has 0 bridgehead atoms. The third kappa shape index (κ3) is 5.03. The van der Waals surface area contributed by atoms with Crippen LogP contribution in [0.25, 0.3) is 5.57 Å². The Kier molecular flexibility index (Phi) is 7.13. The van der Waals surface area contributed by atoms with Crippen LogP contribution in [-0.2, 0) is 35.2 Å². The molecule has 1 aromatic heterocycles. The highest BCUT2D eigenvalue weighted by Gasteiger charge is 2.57. The lowest BCUT2D eigenvalue weighted by atomic mass is 9.82. The summed E-state index contributed by atoms with van der Waals surface area (Å²) in [6, 6.07) is 1.42. The van der Waals surface area contributed by atoms with Gasteiger partial charge in [0.25, 0.3) is 0 Å². The van der Waals surface area contributed by atoms with Crippen molar-refractivity contribution < 1.29 is 38.5 Å². The first kappa shape index (κ1) is 24.7. The molecule has 1 aromatic rings. The van der Waals surface area contributed by atoms with E-state index in [2.05, 4.69) is 5.32 Å². The van der Waals surface area contributed by atoms with Gasteiger partial charge in [0.2, 0.25) is 12.7 Å². The number of fused-ring (bicyclic) bond motifs is 1. The summed E-state index contributed by atoms with van der Waals surface area (Å²) in [5, 5.41) is 14.2. The summed E-state index contributed by atoms with van der Waals surface area (Å²) < 4.78 is 15.2. The van der Waals surface area contributed by atoms with E-state index < -0.39 is 42.3 Å². The first-order valence-corrected chi connectivity index (χ1v) is 11.3. The van der Waals surface area contributed by atoms with Crippen molar-refractivity contribution in [3.8, 4) is 0 Å². The van der Waals surface area contributed by atoms with Crippen molar-refractivity contribution in [2.75, 3.05) is 13.8 Å². The molecule has 1 saturated heterocycles. The molecule has 3 heterocycles. The van der Waals surface area contributed by atoms with Gasteiger partial charge in [-0.3, -0.25) is 9.59 Å². The molecule has 0 aromatic carbocycles. The minimum absolute atomic E-state index is 0.0581. The van der Waals surface area contributed by atoms with E-state index in [0.29, 0.717) is 17.6 Å². The van der Waals surface area contributed by atoms with Crippen molar-refractivity contribution in [2.45, 2.75) is 52.9 Å². The zero-order chi connectivity index (χ0) is 24.5. The predicted molar refractivity (Wildman–Crippen MR) is 117 cm³/mol. The Balaban J connectivity index is 1.81. The van der Waals surface area contributed by atoms with Crippen molar-refractivity contribution in [2.24, 2.45) is 11.3 Å². The van der Waals surface area contributed by atoms with E-state index in [1.165, 1.54) is 23.3 Å². The van der Waals surface area contributed by atoms with Crippen LogP contribution in [0.1, 0.15) is 44.6 Å². The fourth-order valence-corrected chi connectivity index (χ4v) is 4.57. The highest BCUT2D eigenvalue weighted by atomic mass is 32.1. The molecule has 0 aliphatic carbocycles. The largest absolute Gasteiger partial charge is 0.444 e. The molecule has 180 valence electrons. The summed E-state index contributed by atoms with van der Waals surface area (Å²) in [5.74, 6) is -2.29. The number of hydrogen-bond donors (Lipinski definition) is 2. The average Bonchev–Trinajstić information content (AvgIpc) is 3.33. The number of thiophene rings is 1. The Morgan fingerprint density at radius 2 is 1.97 bits per heavy atom. The lowest BCUT2D eigenvalue weighted by Gasteiger charge is -2.44. The van der Waals surface area contributed by atoms with E-state index in [0.717, 1.165) is 4.88 Å². The average molecular weight is 481 g/mol. The zero-order valence-corrected chi connectivity index (χ0v) is 20.0. The van der Waals surface area contributed by atoms with Gasteiger partial charge in [0.05, 0.1) is 23.5 Å². The van der Waals surface area contributed by atoms with E-state index >= 15 is 0 Å². The van der Waals surface area contributed by atoms with Crippen LogP contribution in [0.2, 0.25) is 0 Å². The number of carbonyl (C=O) groups is 4. The molecular weight excluding hydrogens is 452 g/mol. The molecule has 3 rings (SSSR count). The molecule has 33 heavy (non-hydrogen) atoms. The van der Waals surface area contributed by atoms with Crippen LogP contribution in [0.3, 0.4) is 0 Å². The quantitative estimate of drug-likeness (QED) is 0.344. The topological polar surface area (TPSA) is 131 Å². The lowest BCUT2D eigenvalue weighted by molar-refractivity contribution is -0.175. The summed E-state index contributed by atoms with van der Waals surface area (Å²) in [6.45, 7) is 6.05. The number of rotatable bonds is 7. The number of amides is 2. The molecule has 2 aliphatic heterocycles. The van der Waals surface area contributed by atoms with Crippen LogP contribution in [0.4, 0.5) is 4.79 Å². The van der Waals surface area contributed by atoms with Crippen molar-refractivity contribution in [1.29, 1.82) is 0 Å². The number of hydrogen-bond acceptors (Lipinski definition) is 9. The van der Waals surface area contributed by atoms with Crippen LogP contribution in [0.15, 0.2) is 17.1 Å². The lowest BCUT2D eigenvalue weighted by Crippen LogP contribution is -2.61. The first-order chi connectivity index (χ1) is 15.5. The Hall–Kier alpha value is -2.92. The molecular formula is C22H28N2O8S. The van der Waals surface area contributed by atoms with Gasteiger partial charge in [-0.2, -0.15) is 0 Å². The maximum atomic E-state index is 12.9. The monoisotopic (exact) mass is 480 g/mol. The summed E-state index contributed by atoms with van der Waals surface area (Å²) in [4.78, 5) is 51.0. The summed E-state index contributed by atoms with van der Waals surface area (Å²) in [5.41, 5.74) is 0.605. The number of aliphatic hydroxyl groups excluding tert-OH is 1. The second-order valence-electron chi connectivity index (χ2n) is 8.93. The molecule has 11 heteroatoms. The molecule has 0 unspecified atom stereocenters. The van der Waals surface area contributed by atoms with Crippen molar-refractivity contribution in [1.82, 2.24) is 10.2 Å². The molecule has 2 amide bonds. The van der Waals surface area contributed by atoms with Gasteiger partial charge in [-0.1, -0.05) is 0 Å². The molecule has 3 atom stereocenters. The Morgan fingerprint density at radius 3 is 2.58 bits per heavy atom. The van der Waals surface area contributed by atoms with Gasteiger partial charge in [-0.25, -0.2) is 9.59 Å². The third-order valence-corrected chi connectivity index (χ3v) is 6.38. The second kappa shape index (κ2) is 9.52. The third-order valence-electron chi connectivity index (χ3n) is 5.47. The number of carbonyl (C=O) groups excluding carboxylic acids is 4. The highest BCUT2D eigenvalue weighted by molar-refractivity contribution is 7.10. The molecule has 0 spiro atoms. The fourth-order valence-electron chi connectivity index (χ4n) is 3.76. The maximum Gasteiger partial charge on any atom is 0.407 e. The molecule has 2 N–H and O–H groups in total. The van der Waals surface area contributed by atoms with Crippen LogP contribution in [0, 0.1) is 11.3 Å². The highest BCUT2D eigenvalue weighted by Crippen LogP contribution is 2.47. The number of β-lactam (4-membered cyclic amide) rings is 1. The zero-order valence-electron chi connectivity index (χ0n) is 19.2. The Morgan fingerprint density at radius 1 is 1.27 bits per heavy atom. The van der Waals surface area contributed by atoms with Gasteiger partial charge in [-0.05, 0) is 56.7 Å². The molecule has 10 nitrogen and oxygen atoms in total. The second-order valence-corrected chi connectivity index (χ2v) is 9.93. The van der Waals surface area contributed by atoms with Crippen LogP contribution >= 0.6 is 11.3 Å². The van der Waals surface area contributed by atoms with Gasteiger partial charge in [-0.15, -0.1) is 11.3 Å². The van der Waals surface area contributed by atoms with E-state index in [-0.39, 0.29) is 24.3 Å². The normalized spacial score (nSPS) is 20.7. The maximum absolute atomic E-state index is 12.9. The van der Waals surface area contributed by atoms with Crippen LogP contribution in [-0.4, -0.2) is 59.9 Å². The van der Waals surface area contributed by atoms with Crippen molar-refractivity contribution in [3.63, 3.8) is 0 Å². The number of ether oxygens (including phenoxy) is 3. The minimum Gasteiger partial charge on any atom is -0.444 e. The number of alkyl carbamates (subject to hydrolysis) is 1. The predicted octanol–water partition coefficient (Wildman–Crippen LogP) is 2.02. The molecule has 0 radical (unpaired) electrons. The molecule has 1 fully saturated rings.